The second-order valence-electron chi connectivity index (χ2n) is 4.23. The minimum atomic E-state index is 0.979. The van der Waals surface area contributed by atoms with Crippen LogP contribution in [0.25, 0.3) is 0 Å². The van der Waals surface area contributed by atoms with Gasteiger partial charge in [0.2, 0.25) is 0 Å². The SMILES string of the molecule is CC.CC.CCCCCN1CCC(C)CC1. The highest BCUT2D eigenvalue weighted by Gasteiger charge is 2.14. The molecule has 0 aliphatic carbocycles. The molecule has 0 saturated carbocycles. The molecule has 1 aliphatic rings. The number of hydrogen-bond acceptors (Lipinski definition) is 1. The molecular weight excluding hydrogens is 194 g/mol. The zero-order chi connectivity index (χ0) is 12.8. The molecule has 1 heterocycles. The summed E-state index contributed by atoms with van der Waals surface area (Å²) in [6.45, 7) is 16.7. The van der Waals surface area contributed by atoms with Crippen LogP contribution in [0, 0.1) is 5.92 Å². The zero-order valence-corrected chi connectivity index (χ0v) is 12.7. The van der Waals surface area contributed by atoms with Crippen molar-refractivity contribution in [3.05, 3.63) is 0 Å². The summed E-state index contributed by atoms with van der Waals surface area (Å²) in [6, 6.07) is 0. The number of nitrogens with zero attached hydrogens (tertiary/aromatic N) is 1. The van der Waals surface area contributed by atoms with E-state index in [9.17, 15) is 0 Å². The average molecular weight is 229 g/mol. The van der Waals surface area contributed by atoms with E-state index in [-0.39, 0.29) is 0 Å². The van der Waals surface area contributed by atoms with Crippen LogP contribution >= 0.6 is 0 Å². The summed E-state index contributed by atoms with van der Waals surface area (Å²) in [5.74, 6) is 0.979. The fourth-order valence-electron chi connectivity index (χ4n) is 1.87. The van der Waals surface area contributed by atoms with Crippen molar-refractivity contribution in [3.63, 3.8) is 0 Å². The molecule has 1 nitrogen and oxygen atoms in total. The first-order valence-corrected chi connectivity index (χ1v) is 7.55. The molecule has 0 aromatic rings. The molecular formula is C15H35N. The van der Waals surface area contributed by atoms with Gasteiger partial charge in [0, 0.05) is 0 Å². The van der Waals surface area contributed by atoms with Crippen LogP contribution in [0.2, 0.25) is 0 Å². The van der Waals surface area contributed by atoms with E-state index in [1.165, 1.54) is 51.7 Å². The van der Waals surface area contributed by atoms with Crippen molar-refractivity contribution in [2.24, 2.45) is 5.92 Å². The molecule has 0 aromatic carbocycles. The molecule has 0 amide bonds. The fourth-order valence-corrected chi connectivity index (χ4v) is 1.87. The molecule has 16 heavy (non-hydrogen) atoms. The normalized spacial score (nSPS) is 16.9. The standard InChI is InChI=1S/C11H23N.2C2H6/c1-3-4-5-8-12-9-6-11(2)7-10-12;2*1-2/h11H,3-10H2,1-2H3;2*1-2H3. The van der Waals surface area contributed by atoms with Crippen LogP contribution < -0.4 is 0 Å². The fraction of sp³-hybridized carbons (Fsp3) is 1.00. The van der Waals surface area contributed by atoms with E-state index in [1.807, 2.05) is 27.7 Å². The predicted octanol–water partition coefficient (Wildman–Crippen LogP) is 4.96. The summed E-state index contributed by atoms with van der Waals surface area (Å²) in [4.78, 5) is 2.63. The lowest BCUT2D eigenvalue weighted by molar-refractivity contribution is 0.189. The maximum Gasteiger partial charge on any atom is -0.00162 e. The van der Waals surface area contributed by atoms with E-state index in [0.717, 1.165) is 5.92 Å². The van der Waals surface area contributed by atoms with Gasteiger partial charge in [0.25, 0.3) is 0 Å². The van der Waals surface area contributed by atoms with Gasteiger partial charge in [-0.25, -0.2) is 0 Å². The minimum absolute atomic E-state index is 0.979. The lowest BCUT2D eigenvalue weighted by atomic mass is 9.99. The molecule has 0 bridgehead atoms. The number of rotatable bonds is 4. The number of piperidine rings is 1. The molecule has 1 aliphatic heterocycles. The van der Waals surface area contributed by atoms with Crippen molar-refractivity contribution in [2.45, 2.75) is 73.6 Å². The molecule has 1 fully saturated rings. The van der Waals surface area contributed by atoms with Gasteiger partial charge in [-0.1, -0.05) is 54.4 Å². The van der Waals surface area contributed by atoms with Gasteiger partial charge in [-0.2, -0.15) is 0 Å². The number of hydrogen-bond donors (Lipinski definition) is 0. The predicted molar refractivity (Wildman–Crippen MR) is 77.1 cm³/mol. The Hall–Kier alpha value is -0.0400. The highest BCUT2D eigenvalue weighted by molar-refractivity contribution is 4.68. The molecule has 1 heteroatoms. The van der Waals surface area contributed by atoms with Gasteiger partial charge in [-0.3, -0.25) is 0 Å². The second-order valence-corrected chi connectivity index (χ2v) is 4.23. The van der Waals surface area contributed by atoms with E-state index in [0.29, 0.717) is 0 Å². The highest BCUT2D eigenvalue weighted by atomic mass is 15.1. The maximum absolute atomic E-state index is 2.63. The van der Waals surface area contributed by atoms with Crippen LogP contribution in [-0.4, -0.2) is 24.5 Å². The van der Waals surface area contributed by atoms with Crippen molar-refractivity contribution in [1.29, 1.82) is 0 Å². The second kappa shape index (κ2) is 15.0. The topological polar surface area (TPSA) is 3.24 Å². The summed E-state index contributed by atoms with van der Waals surface area (Å²) in [5, 5.41) is 0. The van der Waals surface area contributed by atoms with Gasteiger partial charge < -0.3 is 4.90 Å². The van der Waals surface area contributed by atoms with E-state index < -0.39 is 0 Å². The molecule has 0 atom stereocenters. The highest BCUT2D eigenvalue weighted by Crippen LogP contribution is 2.16. The van der Waals surface area contributed by atoms with Crippen LogP contribution in [0.4, 0.5) is 0 Å². The van der Waals surface area contributed by atoms with Gasteiger partial charge in [0.1, 0.15) is 0 Å². The van der Waals surface area contributed by atoms with Gasteiger partial charge in [-0.05, 0) is 44.8 Å². The van der Waals surface area contributed by atoms with Gasteiger partial charge in [-0.15, -0.1) is 0 Å². The Morgan fingerprint density at radius 2 is 1.44 bits per heavy atom. The van der Waals surface area contributed by atoms with Crippen molar-refractivity contribution >= 4 is 0 Å². The molecule has 0 aromatic heterocycles. The van der Waals surface area contributed by atoms with Crippen molar-refractivity contribution in [2.75, 3.05) is 19.6 Å². The van der Waals surface area contributed by atoms with Crippen LogP contribution in [0.1, 0.15) is 73.6 Å². The molecule has 0 N–H and O–H groups in total. The lowest BCUT2D eigenvalue weighted by Crippen LogP contribution is -2.33. The molecule has 1 saturated heterocycles. The maximum atomic E-state index is 2.63. The van der Waals surface area contributed by atoms with E-state index in [4.69, 9.17) is 0 Å². The monoisotopic (exact) mass is 229 g/mol. The van der Waals surface area contributed by atoms with E-state index in [2.05, 4.69) is 18.7 Å². The summed E-state index contributed by atoms with van der Waals surface area (Å²) >= 11 is 0. The summed E-state index contributed by atoms with van der Waals surface area (Å²) < 4.78 is 0. The Balaban J connectivity index is 0. The first kappa shape index (κ1) is 18.3. The zero-order valence-electron chi connectivity index (χ0n) is 12.7. The molecule has 0 spiro atoms. The first-order chi connectivity index (χ1) is 7.83. The molecule has 1 rings (SSSR count). The lowest BCUT2D eigenvalue weighted by Gasteiger charge is -2.30. The van der Waals surface area contributed by atoms with Crippen molar-refractivity contribution < 1.29 is 0 Å². The third-order valence-electron chi connectivity index (χ3n) is 2.95. The largest absolute Gasteiger partial charge is 0.303 e. The minimum Gasteiger partial charge on any atom is -0.303 e. The van der Waals surface area contributed by atoms with Crippen molar-refractivity contribution in [1.82, 2.24) is 4.90 Å². The Kier molecular flexibility index (Phi) is 17.1. The summed E-state index contributed by atoms with van der Waals surface area (Å²) in [6.07, 6.45) is 7.01. The van der Waals surface area contributed by atoms with Crippen LogP contribution in [0.5, 0.6) is 0 Å². The molecule has 100 valence electrons. The Morgan fingerprint density at radius 3 is 1.88 bits per heavy atom. The Labute approximate surface area is 105 Å². The quantitative estimate of drug-likeness (QED) is 0.616. The van der Waals surface area contributed by atoms with E-state index >= 15 is 0 Å². The number of likely N-dealkylation sites (tertiary alicyclic amines) is 1. The van der Waals surface area contributed by atoms with Gasteiger partial charge in [0.05, 0.1) is 0 Å². The summed E-state index contributed by atoms with van der Waals surface area (Å²) in [7, 11) is 0. The van der Waals surface area contributed by atoms with Gasteiger partial charge in [0.15, 0.2) is 0 Å². The van der Waals surface area contributed by atoms with E-state index in [1.54, 1.807) is 0 Å². The van der Waals surface area contributed by atoms with Crippen LogP contribution in [0.3, 0.4) is 0 Å². The van der Waals surface area contributed by atoms with Crippen LogP contribution in [0.15, 0.2) is 0 Å². The van der Waals surface area contributed by atoms with Crippen LogP contribution in [-0.2, 0) is 0 Å². The molecule has 0 radical (unpaired) electrons. The Bertz CT molecular complexity index is 104. The molecule has 0 unspecified atom stereocenters. The smallest absolute Gasteiger partial charge is 0.00162 e. The number of unbranched alkanes of at least 4 members (excludes halogenated alkanes) is 2. The Morgan fingerprint density at radius 1 is 0.938 bits per heavy atom. The summed E-state index contributed by atoms with van der Waals surface area (Å²) in [5.41, 5.74) is 0. The third-order valence-corrected chi connectivity index (χ3v) is 2.95. The van der Waals surface area contributed by atoms with Crippen molar-refractivity contribution in [3.8, 4) is 0 Å². The first-order valence-electron chi connectivity index (χ1n) is 7.55. The van der Waals surface area contributed by atoms with Gasteiger partial charge >= 0.3 is 0 Å². The average Bonchev–Trinajstić information content (AvgIpc) is 2.37. The third kappa shape index (κ3) is 10.5.